The Hall–Kier alpha value is -2.83. The first-order valence-electron chi connectivity index (χ1n) is 11.3. The van der Waals surface area contributed by atoms with Crippen LogP contribution in [0.3, 0.4) is 0 Å². The number of para-hydroxylation sites is 1. The summed E-state index contributed by atoms with van der Waals surface area (Å²) in [6.07, 6.45) is 6.71. The molecule has 31 heavy (non-hydrogen) atoms. The summed E-state index contributed by atoms with van der Waals surface area (Å²) in [6.45, 7) is 1.68. The van der Waals surface area contributed by atoms with Crippen LogP contribution in [0.1, 0.15) is 44.2 Å². The highest BCUT2D eigenvalue weighted by molar-refractivity contribution is 5.95. The zero-order valence-electron chi connectivity index (χ0n) is 18.2. The second kappa shape index (κ2) is 7.39. The van der Waals surface area contributed by atoms with Gasteiger partial charge in [-0.3, -0.25) is 19.1 Å². The molecule has 0 radical (unpaired) electrons. The second-order valence-corrected chi connectivity index (χ2v) is 9.87. The molecule has 164 valence electrons. The number of benzene rings is 1. The van der Waals surface area contributed by atoms with Crippen molar-refractivity contribution < 1.29 is 9.59 Å². The molecule has 1 heterocycles. The highest BCUT2D eigenvalue weighted by Crippen LogP contribution is 2.60. The Morgan fingerprint density at radius 1 is 1.03 bits per heavy atom. The van der Waals surface area contributed by atoms with Gasteiger partial charge in [0.25, 0.3) is 5.56 Å². The molecule has 4 aliphatic rings. The topological polar surface area (TPSA) is 85.1 Å². The van der Waals surface area contributed by atoms with E-state index in [0.29, 0.717) is 23.4 Å². The zero-order valence-corrected chi connectivity index (χ0v) is 18.2. The van der Waals surface area contributed by atoms with Crippen LogP contribution in [0.15, 0.2) is 35.1 Å². The Kier molecular flexibility index (Phi) is 4.79. The van der Waals surface area contributed by atoms with Gasteiger partial charge in [0.05, 0.1) is 17.9 Å². The van der Waals surface area contributed by atoms with Crippen molar-refractivity contribution in [3.8, 4) is 5.69 Å². The number of carbonyl (C=O) groups is 2. The minimum absolute atomic E-state index is 0.0215. The van der Waals surface area contributed by atoms with Gasteiger partial charge in [0, 0.05) is 12.5 Å². The molecule has 1 aromatic heterocycles. The molecule has 6 rings (SSSR count). The fourth-order valence-electron chi connectivity index (χ4n) is 6.63. The van der Waals surface area contributed by atoms with E-state index in [9.17, 15) is 14.4 Å². The lowest BCUT2D eigenvalue weighted by Crippen LogP contribution is -2.54. The Labute approximate surface area is 181 Å². The minimum Gasteiger partial charge on any atom is -0.347 e. The molecule has 0 spiro atoms. The Balaban J connectivity index is 1.27. The van der Waals surface area contributed by atoms with Crippen molar-refractivity contribution in [2.45, 2.75) is 45.4 Å². The second-order valence-electron chi connectivity index (χ2n) is 9.87. The average Bonchev–Trinajstić information content (AvgIpc) is 2.95. The number of carbonyl (C=O) groups excluding carboxylic acids is 2. The van der Waals surface area contributed by atoms with Crippen LogP contribution in [-0.2, 0) is 16.6 Å². The molecule has 2 amide bonds. The maximum absolute atomic E-state index is 13.1. The van der Waals surface area contributed by atoms with Gasteiger partial charge in [0.15, 0.2) is 0 Å². The van der Waals surface area contributed by atoms with Gasteiger partial charge in [0.2, 0.25) is 11.8 Å². The van der Waals surface area contributed by atoms with Crippen molar-refractivity contribution in [1.82, 2.24) is 14.7 Å². The predicted octanol–water partition coefficient (Wildman–Crippen LogP) is 2.76. The summed E-state index contributed by atoms with van der Waals surface area (Å²) in [5.74, 6) is 1.68. The summed E-state index contributed by atoms with van der Waals surface area (Å²) in [4.78, 5) is 38.6. The van der Waals surface area contributed by atoms with Gasteiger partial charge < -0.3 is 10.6 Å². The lowest BCUT2D eigenvalue weighted by atomic mass is 9.49. The van der Waals surface area contributed by atoms with E-state index in [1.54, 1.807) is 18.7 Å². The molecule has 7 heteroatoms. The largest absolute Gasteiger partial charge is 0.347 e. The zero-order chi connectivity index (χ0) is 21.8. The van der Waals surface area contributed by atoms with Crippen molar-refractivity contribution in [2.24, 2.45) is 30.2 Å². The number of rotatable bonds is 5. The van der Waals surface area contributed by atoms with Crippen molar-refractivity contribution >= 4 is 17.5 Å². The summed E-state index contributed by atoms with van der Waals surface area (Å²) < 4.78 is 3.25. The number of hydrogen-bond acceptors (Lipinski definition) is 3. The Bertz CT molecular complexity index is 1050. The van der Waals surface area contributed by atoms with Gasteiger partial charge >= 0.3 is 0 Å². The van der Waals surface area contributed by atoms with Crippen LogP contribution in [-0.4, -0.2) is 27.7 Å². The van der Waals surface area contributed by atoms with Crippen molar-refractivity contribution in [2.75, 3.05) is 11.9 Å². The van der Waals surface area contributed by atoms with Crippen molar-refractivity contribution in [3.63, 3.8) is 0 Å². The van der Waals surface area contributed by atoms with Gasteiger partial charge in [-0.25, -0.2) is 4.68 Å². The van der Waals surface area contributed by atoms with Gasteiger partial charge in [-0.15, -0.1) is 0 Å². The maximum Gasteiger partial charge on any atom is 0.295 e. The molecule has 4 aliphatic carbocycles. The third kappa shape index (κ3) is 3.40. The fourth-order valence-corrected chi connectivity index (χ4v) is 6.63. The minimum atomic E-state index is -0.371. The van der Waals surface area contributed by atoms with Gasteiger partial charge in [-0.2, -0.15) is 0 Å². The first-order chi connectivity index (χ1) is 14.9. The van der Waals surface area contributed by atoms with Crippen LogP contribution < -0.4 is 16.2 Å². The normalized spacial score (nSPS) is 28.5. The standard InChI is InChI=1S/C24H30N4O3/c1-15-21(22(30)28(27(15)2)19-6-4-3-5-7-19)26-20(29)14-25-23(31)24-11-16-8-17(12-24)10-18(9-16)13-24/h3-7,16-18H,8-14H2,1-2H3,(H,25,31)(H,26,29). The highest BCUT2D eigenvalue weighted by Gasteiger charge is 2.54. The molecule has 7 nitrogen and oxygen atoms in total. The van der Waals surface area contributed by atoms with Gasteiger partial charge in [-0.1, -0.05) is 18.2 Å². The van der Waals surface area contributed by atoms with Crippen LogP contribution in [0.4, 0.5) is 5.69 Å². The summed E-state index contributed by atoms with van der Waals surface area (Å²) in [5.41, 5.74) is 1.08. The number of hydrogen-bond donors (Lipinski definition) is 2. The number of aromatic nitrogens is 2. The van der Waals surface area contributed by atoms with Gasteiger partial charge in [0.1, 0.15) is 5.69 Å². The SMILES string of the molecule is Cc1c(NC(=O)CNC(=O)C23CC4CC(CC(C4)C2)C3)c(=O)n(-c2ccccc2)n1C. The molecule has 2 N–H and O–H groups in total. The van der Waals surface area contributed by atoms with E-state index >= 15 is 0 Å². The molecule has 4 bridgehead atoms. The third-order valence-electron chi connectivity index (χ3n) is 7.75. The molecule has 1 aromatic carbocycles. The van der Waals surface area contributed by atoms with E-state index in [1.165, 1.54) is 23.9 Å². The summed E-state index contributed by atoms with van der Waals surface area (Å²) >= 11 is 0. The van der Waals surface area contributed by atoms with Crippen LogP contribution in [0.2, 0.25) is 0 Å². The first kappa shape index (κ1) is 20.1. The Morgan fingerprint density at radius 3 is 2.19 bits per heavy atom. The van der Waals surface area contributed by atoms with Crippen molar-refractivity contribution in [3.05, 3.63) is 46.4 Å². The molecule has 0 atom stereocenters. The maximum atomic E-state index is 13.1. The molecular formula is C24H30N4O3. The molecular weight excluding hydrogens is 392 g/mol. The molecule has 4 fully saturated rings. The van der Waals surface area contributed by atoms with Crippen LogP contribution >= 0.6 is 0 Å². The molecule has 0 unspecified atom stereocenters. The molecule has 2 aromatic rings. The smallest absolute Gasteiger partial charge is 0.295 e. The summed E-state index contributed by atoms with van der Waals surface area (Å²) in [6, 6.07) is 9.31. The predicted molar refractivity (Wildman–Crippen MR) is 118 cm³/mol. The summed E-state index contributed by atoms with van der Waals surface area (Å²) in [7, 11) is 1.79. The third-order valence-corrected chi connectivity index (χ3v) is 7.75. The number of amides is 2. The van der Waals surface area contributed by atoms with E-state index in [4.69, 9.17) is 0 Å². The monoisotopic (exact) mass is 422 g/mol. The lowest BCUT2D eigenvalue weighted by molar-refractivity contribution is -0.146. The van der Waals surface area contributed by atoms with E-state index in [-0.39, 0.29) is 35.0 Å². The number of nitrogens with zero attached hydrogens (tertiary/aromatic N) is 2. The highest BCUT2D eigenvalue weighted by atomic mass is 16.2. The molecule has 0 saturated heterocycles. The van der Waals surface area contributed by atoms with Crippen LogP contribution in [0, 0.1) is 30.1 Å². The lowest BCUT2D eigenvalue weighted by Gasteiger charge is -2.55. The van der Waals surface area contributed by atoms with E-state index in [1.807, 2.05) is 30.3 Å². The van der Waals surface area contributed by atoms with E-state index < -0.39 is 0 Å². The van der Waals surface area contributed by atoms with Crippen LogP contribution in [0.25, 0.3) is 5.69 Å². The fraction of sp³-hybridized carbons (Fsp3) is 0.542. The van der Waals surface area contributed by atoms with Crippen molar-refractivity contribution in [1.29, 1.82) is 0 Å². The summed E-state index contributed by atoms with van der Waals surface area (Å²) in [5, 5.41) is 5.62. The van der Waals surface area contributed by atoms with E-state index in [2.05, 4.69) is 10.6 Å². The number of nitrogens with one attached hydrogen (secondary N) is 2. The van der Waals surface area contributed by atoms with E-state index in [0.717, 1.165) is 24.9 Å². The average molecular weight is 423 g/mol. The van der Waals surface area contributed by atoms with Gasteiger partial charge in [-0.05, 0) is 75.3 Å². The molecule has 4 saturated carbocycles. The molecule has 0 aliphatic heterocycles. The van der Waals surface area contributed by atoms with Crippen LogP contribution in [0.5, 0.6) is 0 Å². The first-order valence-corrected chi connectivity index (χ1v) is 11.3. The quantitative estimate of drug-likeness (QED) is 0.777. The Morgan fingerprint density at radius 2 is 1.61 bits per heavy atom. The number of anilines is 1.